The molecule has 0 saturated carbocycles. The third-order valence-corrected chi connectivity index (χ3v) is 5.79. The quantitative estimate of drug-likeness (QED) is 0.438. The molecule has 0 radical (unpaired) electrons. The highest BCUT2D eigenvalue weighted by Crippen LogP contribution is 2.36. The Hall–Kier alpha value is -3.17. The van der Waals surface area contributed by atoms with Gasteiger partial charge < -0.3 is 5.32 Å². The van der Waals surface area contributed by atoms with Crippen LogP contribution in [0.1, 0.15) is 5.56 Å². The number of rotatable bonds is 4. The van der Waals surface area contributed by atoms with Crippen LogP contribution in [0.3, 0.4) is 0 Å². The predicted molar refractivity (Wildman–Crippen MR) is 114 cm³/mol. The molecule has 2 heterocycles. The van der Waals surface area contributed by atoms with E-state index in [2.05, 4.69) is 10.3 Å². The molecule has 0 aliphatic heterocycles. The van der Waals surface area contributed by atoms with Crippen molar-refractivity contribution >= 4 is 44.7 Å². The van der Waals surface area contributed by atoms with Gasteiger partial charge in [-0.2, -0.15) is 13.2 Å². The van der Waals surface area contributed by atoms with Crippen LogP contribution in [0.2, 0.25) is 5.02 Å². The van der Waals surface area contributed by atoms with Crippen LogP contribution in [0.15, 0.2) is 65.0 Å². The topological polar surface area (TPSA) is 64.0 Å². The number of benzene rings is 2. The van der Waals surface area contributed by atoms with E-state index in [-0.39, 0.29) is 5.69 Å². The zero-order valence-corrected chi connectivity index (χ0v) is 17.2. The average molecular weight is 464 g/mol. The number of carbonyl (C=O) groups is 1. The van der Waals surface area contributed by atoms with Crippen LogP contribution in [-0.2, 0) is 17.5 Å². The summed E-state index contributed by atoms with van der Waals surface area (Å²) in [6.45, 7) is -0.398. The SMILES string of the molecule is O=C(Cn1cnc2c(-c3ccccc3)csc2c1=O)Nc1ccc(Cl)c(C(F)(F)F)c1. The van der Waals surface area contributed by atoms with Crippen molar-refractivity contribution in [2.45, 2.75) is 12.7 Å². The number of hydrogen-bond acceptors (Lipinski definition) is 4. The molecule has 31 heavy (non-hydrogen) atoms. The summed E-state index contributed by atoms with van der Waals surface area (Å²) in [5.74, 6) is -0.668. The number of halogens is 4. The molecule has 5 nitrogen and oxygen atoms in total. The summed E-state index contributed by atoms with van der Waals surface area (Å²) < 4.78 is 40.5. The van der Waals surface area contributed by atoms with Gasteiger partial charge in [-0.1, -0.05) is 41.9 Å². The van der Waals surface area contributed by atoms with E-state index >= 15 is 0 Å². The summed E-state index contributed by atoms with van der Waals surface area (Å²) in [5.41, 5.74) is 0.727. The number of alkyl halides is 3. The molecule has 4 rings (SSSR count). The third-order valence-electron chi connectivity index (χ3n) is 4.50. The minimum absolute atomic E-state index is 0.0775. The van der Waals surface area contributed by atoms with Crippen molar-refractivity contribution in [2.75, 3.05) is 5.32 Å². The Morgan fingerprint density at radius 1 is 1.16 bits per heavy atom. The lowest BCUT2D eigenvalue weighted by molar-refractivity contribution is -0.137. The summed E-state index contributed by atoms with van der Waals surface area (Å²) in [5, 5.41) is 3.71. The van der Waals surface area contributed by atoms with E-state index in [1.165, 1.54) is 23.7 Å². The van der Waals surface area contributed by atoms with E-state index in [1.807, 2.05) is 35.7 Å². The number of carbonyl (C=O) groups excluding carboxylic acids is 1. The molecule has 0 aliphatic carbocycles. The Morgan fingerprint density at radius 2 is 1.90 bits per heavy atom. The zero-order valence-electron chi connectivity index (χ0n) is 15.6. The summed E-state index contributed by atoms with van der Waals surface area (Å²) in [4.78, 5) is 29.4. The maximum absolute atomic E-state index is 13.0. The fourth-order valence-corrected chi connectivity index (χ4v) is 4.25. The smallest absolute Gasteiger partial charge is 0.325 e. The van der Waals surface area contributed by atoms with E-state index in [0.717, 1.165) is 27.8 Å². The Bertz CT molecular complexity index is 1330. The fraction of sp³-hybridized carbons (Fsp3) is 0.0952. The highest BCUT2D eigenvalue weighted by molar-refractivity contribution is 7.17. The van der Waals surface area contributed by atoms with Crippen molar-refractivity contribution in [3.8, 4) is 11.1 Å². The van der Waals surface area contributed by atoms with Crippen LogP contribution in [0.5, 0.6) is 0 Å². The number of thiophene rings is 1. The van der Waals surface area contributed by atoms with Crippen molar-refractivity contribution in [2.24, 2.45) is 0 Å². The van der Waals surface area contributed by atoms with Gasteiger partial charge in [0.15, 0.2) is 0 Å². The highest BCUT2D eigenvalue weighted by Gasteiger charge is 2.33. The number of amides is 1. The summed E-state index contributed by atoms with van der Waals surface area (Å²) in [6.07, 6.45) is -3.40. The van der Waals surface area contributed by atoms with Gasteiger partial charge in [-0.15, -0.1) is 11.3 Å². The van der Waals surface area contributed by atoms with Crippen LogP contribution in [0.25, 0.3) is 21.3 Å². The lowest BCUT2D eigenvalue weighted by Gasteiger charge is -2.12. The Kier molecular flexibility index (Phi) is 5.55. The third kappa shape index (κ3) is 4.33. The van der Waals surface area contributed by atoms with Gasteiger partial charge in [-0.3, -0.25) is 14.2 Å². The highest BCUT2D eigenvalue weighted by atomic mass is 35.5. The molecular weight excluding hydrogens is 451 g/mol. The lowest BCUT2D eigenvalue weighted by atomic mass is 10.1. The number of anilines is 1. The molecule has 1 N–H and O–H groups in total. The minimum atomic E-state index is -4.65. The van der Waals surface area contributed by atoms with Crippen molar-refractivity contribution in [1.29, 1.82) is 0 Å². The number of nitrogens with zero attached hydrogens (tertiary/aromatic N) is 2. The lowest BCUT2D eigenvalue weighted by Crippen LogP contribution is -2.27. The van der Waals surface area contributed by atoms with E-state index in [0.29, 0.717) is 10.2 Å². The standard InChI is InChI=1S/C21H13ClF3N3O2S/c22-16-7-6-13(8-15(16)21(23,24)25)27-17(29)9-28-11-26-18-14(10-31-19(18)20(28)30)12-4-2-1-3-5-12/h1-8,10-11H,9H2,(H,27,29). The van der Waals surface area contributed by atoms with Gasteiger partial charge in [-0.05, 0) is 23.8 Å². The second-order valence-electron chi connectivity index (χ2n) is 6.61. The maximum Gasteiger partial charge on any atom is 0.417 e. The van der Waals surface area contributed by atoms with Gasteiger partial charge in [0.2, 0.25) is 5.91 Å². The van der Waals surface area contributed by atoms with Crippen LogP contribution >= 0.6 is 22.9 Å². The number of fused-ring (bicyclic) bond motifs is 1. The van der Waals surface area contributed by atoms with Crippen LogP contribution in [0, 0.1) is 0 Å². The normalized spacial score (nSPS) is 11.6. The molecule has 10 heteroatoms. The molecule has 2 aromatic heterocycles. The largest absolute Gasteiger partial charge is 0.417 e. The van der Waals surface area contributed by atoms with E-state index < -0.39 is 34.8 Å². The van der Waals surface area contributed by atoms with Crippen LogP contribution < -0.4 is 10.9 Å². The first-order chi connectivity index (χ1) is 14.7. The number of nitrogens with one attached hydrogen (secondary N) is 1. The molecule has 0 bridgehead atoms. The van der Waals surface area contributed by atoms with Crippen molar-refractivity contribution in [3.63, 3.8) is 0 Å². The second-order valence-corrected chi connectivity index (χ2v) is 7.90. The Labute approximate surface area is 182 Å². The summed E-state index contributed by atoms with van der Waals surface area (Å²) >= 11 is 6.80. The molecule has 0 saturated heterocycles. The minimum Gasteiger partial charge on any atom is -0.325 e. The van der Waals surface area contributed by atoms with Gasteiger partial charge in [-0.25, -0.2) is 4.98 Å². The summed E-state index contributed by atoms with van der Waals surface area (Å²) in [7, 11) is 0. The van der Waals surface area contributed by atoms with Gasteiger partial charge in [0.05, 0.1) is 22.4 Å². The average Bonchev–Trinajstić information content (AvgIpc) is 3.16. The Morgan fingerprint density at radius 3 is 2.61 bits per heavy atom. The number of aromatic nitrogens is 2. The molecular formula is C21H13ClF3N3O2S. The first-order valence-electron chi connectivity index (χ1n) is 8.92. The Balaban J connectivity index is 1.57. The summed E-state index contributed by atoms with van der Waals surface area (Å²) in [6, 6.07) is 12.5. The first kappa shape index (κ1) is 21.1. The maximum atomic E-state index is 13.0. The van der Waals surface area contributed by atoms with Gasteiger partial charge in [0.1, 0.15) is 11.2 Å². The fourth-order valence-electron chi connectivity index (χ4n) is 3.05. The zero-order chi connectivity index (χ0) is 22.2. The molecule has 2 aromatic carbocycles. The van der Waals surface area contributed by atoms with Gasteiger partial charge in [0.25, 0.3) is 5.56 Å². The van der Waals surface area contributed by atoms with E-state index in [1.54, 1.807) is 0 Å². The van der Waals surface area contributed by atoms with Crippen molar-refractivity contribution < 1.29 is 18.0 Å². The van der Waals surface area contributed by atoms with Gasteiger partial charge in [0, 0.05) is 16.6 Å². The monoisotopic (exact) mass is 463 g/mol. The molecule has 0 atom stereocenters. The molecule has 0 aliphatic rings. The molecule has 1 amide bonds. The van der Waals surface area contributed by atoms with E-state index in [9.17, 15) is 22.8 Å². The predicted octanol–water partition coefficient (Wildman–Crippen LogP) is 5.44. The molecule has 4 aromatic rings. The van der Waals surface area contributed by atoms with E-state index in [4.69, 9.17) is 11.6 Å². The van der Waals surface area contributed by atoms with Crippen LogP contribution in [-0.4, -0.2) is 15.5 Å². The van der Waals surface area contributed by atoms with Gasteiger partial charge >= 0.3 is 6.18 Å². The van der Waals surface area contributed by atoms with Crippen molar-refractivity contribution in [1.82, 2.24) is 9.55 Å². The van der Waals surface area contributed by atoms with Crippen LogP contribution in [0.4, 0.5) is 18.9 Å². The molecule has 0 fully saturated rings. The second kappa shape index (κ2) is 8.16. The first-order valence-corrected chi connectivity index (χ1v) is 10.2. The molecule has 158 valence electrons. The number of hydrogen-bond donors (Lipinski definition) is 1. The molecule has 0 unspecified atom stereocenters. The van der Waals surface area contributed by atoms with Crippen molar-refractivity contribution in [3.05, 3.63) is 81.2 Å². The molecule has 0 spiro atoms.